The number of carbonyl (C=O) groups is 2. The molecule has 0 spiro atoms. The molecule has 1 saturated heterocycles. The van der Waals surface area contributed by atoms with Gasteiger partial charge in [0.15, 0.2) is 0 Å². The SMILES string of the molecule is CCC[C@H](C(=O)N1CCCC1)[C@](C)(NC(=O)c1ccccc1)c1ccc(C)cc1. The summed E-state index contributed by atoms with van der Waals surface area (Å²) in [6, 6.07) is 17.4. The average molecular weight is 393 g/mol. The molecule has 0 unspecified atom stereocenters. The van der Waals surface area contributed by atoms with Crippen molar-refractivity contribution in [3.63, 3.8) is 0 Å². The van der Waals surface area contributed by atoms with E-state index < -0.39 is 5.54 Å². The minimum absolute atomic E-state index is 0.149. The zero-order chi connectivity index (χ0) is 20.9. The molecule has 1 N–H and O–H groups in total. The predicted octanol–water partition coefficient (Wildman–Crippen LogP) is 4.68. The van der Waals surface area contributed by atoms with Crippen molar-refractivity contribution >= 4 is 11.8 Å². The van der Waals surface area contributed by atoms with Crippen molar-refractivity contribution in [3.8, 4) is 0 Å². The quantitative estimate of drug-likeness (QED) is 0.744. The van der Waals surface area contributed by atoms with Gasteiger partial charge in [-0.05, 0) is 50.8 Å². The molecule has 0 bridgehead atoms. The van der Waals surface area contributed by atoms with E-state index in [0.717, 1.165) is 49.9 Å². The van der Waals surface area contributed by atoms with Gasteiger partial charge in [-0.15, -0.1) is 0 Å². The number of hydrogen-bond donors (Lipinski definition) is 1. The molecule has 4 nitrogen and oxygen atoms in total. The van der Waals surface area contributed by atoms with Crippen molar-refractivity contribution < 1.29 is 9.59 Å². The van der Waals surface area contributed by atoms with E-state index in [2.05, 4.69) is 12.2 Å². The van der Waals surface area contributed by atoms with Crippen molar-refractivity contribution in [2.45, 2.75) is 52.0 Å². The van der Waals surface area contributed by atoms with E-state index in [1.807, 2.05) is 73.3 Å². The Labute approximate surface area is 174 Å². The molecule has 2 amide bonds. The zero-order valence-corrected chi connectivity index (χ0v) is 17.8. The van der Waals surface area contributed by atoms with Crippen molar-refractivity contribution in [3.05, 3.63) is 71.3 Å². The van der Waals surface area contributed by atoms with Crippen molar-refractivity contribution in [2.75, 3.05) is 13.1 Å². The van der Waals surface area contributed by atoms with Gasteiger partial charge < -0.3 is 10.2 Å². The van der Waals surface area contributed by atoms with Gasteiger partial charge in [-0.3, -0.25) is 9.59 Å². The minimum Gasteiger partial charge on any atom is -0.342 e. The van der Waals surface area contributed by atoms with Crippen LogP contribution in [0.5, 0.6) is 0 Å². The van der Waals surface area contributed by atoms with Gasteiger partial charge in [0.1, 0.15) is 0 Å². The van der Waals surface area contributed by atoms with Gasteiger partial charge in [0.05, 0.1) is 11.5 Å². The lowest BCUT2D eigenvalue weighted by atomic mass is 9.76. The summed E-state index contributed by atoms with van der Waals surface area (Å²) >= 11 is 0. The first-order chi connectivity index (χ1) is 14.0. The van der Waals surface area contributed by atoms with E-state index >= 15 is 0 Å². The van der Waals surface area contributed by atoms with E-state index in [1.54, 1.807) is 0 Å². The van der Waals surface area contributed by atoms with E-state index in [4.69, 9.17) is 0 Å². The Bertz CT molecular complexity index is 826. The normalized spacial score (nSPS) is 16.9. The lowest BCUT2D eigenvalue weighted by Crippen LogP contribution is -2.54. The fourth-order valence-electron chi connectivity index (χ4n) is 4.26. The van der Waals surface area contributed by atoms with Crippen LogP contribution in [0.4, 0.5) is 0 Å². The number of likely N-dealkylation sites (tertiary alicyclic amines) is 1. The molecule has 0 radical (unpaired) electrons. The number of hydrogen-bond acceptors (Lipinski definition) is 2. The third kappa shape index (κ3) is 4.69. The first-order valence-electron chi connectivity index (χ1n) is 10.7. The van der Waals surface area contributed by atoms with Crippen LogP contribution in [0.25, 0.3) is 0 Å². The first-order valence-corrected chi connectivity index (χ1v) is 10.7. The Balaban J connectivity index is 2.00. The fourth-order valence-corrected chi connectivity index (χ4v) is 4.26. The highest BCUT2D eigenvalue weighted by atomic mass is 16.2. The number of benzene rings is 2. The maximum atomic E-state index is 13.5. The van der Waals surface area contributed by atoms with Crippen LogP contribution in [0, 0.1) is 12.8 Å². The number of nitrogens with zero attached hydrogens (tertiary/aromatic N) is 1. The molecule has 4 heteroatoms. The van der Waals surface area contributed by atoms with E-state index in [9.17, 15) is 9.59 Å². The van der Waals surface area contributed by atoms with Gasteiger partial charge in [-0.1, -0.05) is 61.4 Å². The maximum Gasteiger partial charge on any atom is 0.251 e. The highest BCUT2D eigenvalue weighted by molar-refractivity contribution is 5.95. The van der Waals surface area contributed by atoms with Gasteiger partial charge >= 0.3 is 0 Å². The largest absolute Gasteiger partial charge is 0.342 e. The molecule has 2 aromatic carbocycles. The monoisotopic (exact) mass is 392 g/mol. The fraction of sp³-hybridized carbons (Fsp3) is 0.440. The summed E-state index contributed by atoms with van der Waals surface area (Å²) in [6.45, 7) is 7.78. The molecule has 0 aliphatic carbocycles. The number of aryl methyl sites for hydroxylation is 1. The van der Waals surface area contributed by atoms with E-state index in [-0.39, 0.29) is 17.7 Å². The second-order valence-corrected chi connectivity index (χ2v) is 8.26. The molecule has 0 aromatic heterocycles. The third-order valence-corrected chi connectivity index (χ3v) is 6.05. The molecule has 154 valence electrons. The number of carbonyl (C=O) groups excluding carboxylic acids is 2. The topological polar surface area (TPSA) is 49.4 Å². The first kappa shape index (κ1) is 21.1. The summed E-state index contributed by atoms with van der Waals surface area (Å²) in [5, 5.41) is 3.25. The highest BCUT2D eigenvalue weighted by Crippen LogP contribution is 2.35. The Kier molecular flexibility index (Phi) is 6.73. The highest BCUT2D eigenvalue weighted by Gasteiger charge is 2.43. The second-order valence-electron chi connectivity index (χ2n) is 8.26. The summed E-state index contributed by atoms with van der Waals surface area (Å²) in [5.41, 5.74) is 1.95. The summed E-state index contributed by atoms with van der Waals surface area (Å²) in [7, 11) is 0. The van der Waals surface area contributed by atoms with Crippen molar-refractivity contribution in [1.82, 2.24) is 10.2 Å². The van der Waals surface area contributed by atoms with Crippen LogP contribution in [-0.4, -0.2) is 29.8 Å². The summed E-state index contributed by atoms with van der Waals surface area (Å²) in [4.78, 5) is 28.6. The smallest absolute Gasteiger partial charge is 0.251 e. The molecule has 2 aromatic rings. The zero-order valence-electron chi connectivity index (χ0n) is 17.8. The van der Waals surface area contributed by atoms with Gasteiger partial charge in [-0.25, -0.2) is 0 Å². The standard InChI is InChI=1S/C25H32N2O2/c1-4-10-22(24(29)27-17-8-9-18-27)25(3,21-15-13-19(2)14-16-21)26-23(28)20-11-6-5-7-12-20/h5-7,11-16,22H,4,8-10,17-18H2,1-3H3,(H,26,28)/t22-,25-/m1/s1. The van der Waals surface area contributed by atoms with Crippen LogP contribution in [0.3, 0.4) is 0 Å². The van der Waals surface area contributed by atoms with Crippen LogP contribution < -0.4 is 5.32 Å². The molecular formula is C25H32N2O2. The van der Waals surface area contributed by atoms with E-state index in [0.29, 0.717) is 5.56 Å². The number of amides is 2. The molecule has 1 aliphatic rings. The summed E-state index contributed by atoms with van der Waals surface area (Å²) in [5.74, 6) is -0.300. The lowest BCUT2D eigenvalue weighted by Gasteiger charge is -2.40. The van der Waals surface area contributed by atoms with Gasteiger partial charge in [-0.2, -0.15) is 0 Å². The average Bonchev–Trinajstić information content (AvgIpc) is 3.27. The molecule has 0 saturated carbocycles. The van der Waals surface area contributed by atoms with Gasteiger partial charge in [0, 0.05) is 18.7 Å². The Morgan fingerprint density at radius 1 is 1.03 bits per heavy atom. The van der Waals surface area contributed by atoms with Gasteiger partial charge in [0.25, 0.3) is 5.91 Å². The molecular weight excluding hydrogens is 360 g/mol. The minimum atomic E-state index is -0.781. The summed E-state index contributed by atoms with van der Waals surface area (Å²) < 4.78 is 0. The van der Waals surface area contributed by atoms with Crippen LogP contribution in [0.1, 0.15) is 61.0 Å². The molecule has 3 rings (SSSR count). The Hall–Kier alpha value is -2.62. The van der Waals surface area contributed by atoms with Crippen molar-refractivity contribution in [1.29, 1.82) is 0 Å². The van der Waals surface area contributed by atoms with Crippen molar-refractivity contribution in [2.24, 2.45) is 5.92 Å². The lowest BCUT2D eigenvalue weighted by molar-refractivity contribution is -0.137. The maximum absolute atomic E-state index is 13.5. The van der Waals surface area contributed by atoms with Crippen LogP contribution >= 0.6 is 0 Å². The molecule has 2 atom stereocenters. The summed E-state index contributed by atoms with van der Waals surface area (Å²) in [6.07, 6.45) is 3.73. The molecule has 1 heterocycles. The molecule has 29 heavy (non-hydrogen) atoms. The van der Waals surface area contributed by atoms with Crippen LogP contribution in [0.15, 0.2) is 54.6 Å². The Morgan fingerprint density at radius 2 is 1.66 bits per heavy atom. The van der Waals surface area contributed by atoms with Gasteiger partial charge in [0.2, 0.25) is 5.91 Å². The second kappa shape index (κ2) is 9.25. The number of nitrogens with one attached hydrogen (secondary N) is 1. The number of rotatable bonds is 7. The third-order valence-electron chi connectivity index (χ3n) is 6.05. The van der Waals surface area contributed by atoms with Crippen LogP contribution in [0.2, 0.25) is 0 Å². The predicted molar refractivity (Wildman–Crippen MR) is 117 cm³/mol. The molecule has 1 fully saturated rings. The Morgan fingerprint density at radius 3 is 2.24 bits per heavy atom. The van der Waals surface area contributed by atoms with Crippen LogP contribution in [-0.2, 0) is 10.3 Å². The molecule has 1 aliphatic heterocycles. The van der Waals surface area contributed by atoms with E-state index in [1.165, 1.54) is 0 Å².